The van der Waals surface area contributed by atoms with Crippen LogP contribution in [0.15, 0.2) is 48.7 Å². The molecule has 2 rings (SSSR count). The molecule has 0 spiro atoms. The van der Waals surface area contributed by atoms with E-state index < -0.39 is 0 Å². The summed E-state index contributed by atoms with van der Waals surface area (Å²) in [5.74, 6) is -0.00824. The van der Waals surface area contributed by atoms with E-state index in [9.17, 15) is 4.79 Å². The summed E-state index contributed by atoms with van der Waals surface area (Å²) in [5.41, 5.74) is 3.34. The third-order valence-electron chi connectivity index (χ3n) is 3.72. The van der Waals surface area contributed by atoms with Crippen molar-refractivity contribution in [2.75, 3.05) is 0 Å². The summed E-state index contributed by atoms with van der Waals surface area (Å²) in [6, 6.07) is 14.0. The van der Waals surface area contributed by atoms with Crippen LogP contribution < -0.4 is 5.32 Å². The Kier molecular flexibility index (Phi) is 4.96. The van der Waals surface area contributed by atoms with Crippen molar-refractivity contribution >= 4 is 5.91 Å². The third kappa shape index (κ3) is 4.42. The van der Waals surface area contributed by atoms with Crippen LogP contribution in [0, 0.1) is 0 Å². The minimum Gasteiger partial charge on any atom is -0.349 e. The number of benzene rings is 1. The number of nitrogens with one attached hydrogen (secondary N) is 1. The molecule has 0 saturated carbocycles. The zero-order valence-electron chi connectivity index (χ0n) is 13.8. The predicted octanol–water partition coefficient (Wildman–Crippen LogP) is 3.80. The molecule has 0 radical (unpaired) electrons. The maximum Gasteiger partial charge on any atom is 0.226 e. The smallest absolute Gasteiger partial charge is 0.226 e. The highest BCUT2D eigenvalue weighted by molar-refractivity contribution is 5.78. The molecule has 1 heterocycles. The molecule has 116 valence electrons. The van der Waals surface area contributed by atoms with Crippen molar-refractivity contribution in [1.82, 2.24) is 10.3 Å². The molecule has 2 aromatic rings. The molecule has 0 aliphatic carbocycles. The van der Waals surface area contributed by atoms with Gasteiger partial charge in [-0.05, 0) is 35.6 Å². The zero-order valence-corrected chi connectivity index (χ0v) is 13.8. The highest BCUT2D eigenvalue weighted by atomic mass is 16.1. The lowest BCUT2D eigenvalue weighted by Gasteiger charge is -2.20. The molecular weight excluding hydrogens is 272 g/mol. The van der Waals surface area contributed by atoms with Crippen molar-refractivity contribution < 1.29 is 4.79 Å². The van der Waals surface area contributed by atoms with Gasteiger partial charge in [0.25, 0.3) is 0 Å². The SMILES string of the molecule is CC(NC(=O)Cc1ccccn1)c1ccc(C(C)(C)C)cc1. The average molecular weight is 296 g/mol. The quantitative estimate of drug-likeness (QED) is 0.932. The lowest BCUT2D eigenvalue weighted by Crippen LogP contribution is -2.28. The highest BCUT2D eigenvalue weighted by Crippen LogP contribution is 2.23. The minimum absolute atomic E-state index is 0.00824. The van der Waals surface area contributed by atoms with Gasteiger partial charge in [0.15, 0.2) is 0 Å². The first-order chi connectivity index (χ1) is 10.4. The number of aromatic nitrogens is 1. The standard InChI is InChI=1S/C19H24N2O/c1-14(15-8-10-16(11-9-15)19(2,3)4)21-18(22)13-17-7-5-6-12-20-17/h5-12,14H,13H2,1-4H3,(H,21,22). The maximum atomic E-state index is 12.1. The number of hydrogen-bond donors (Lipinski definition) is 1. The molecule has 1 N–H and O–H groups in total. The Balaban J connectivity index is 1.97. The minimum atomic E-state index is -0.00905. The highest BCUT2D eigenvalue weighted by Gasteiger charge is 2.15. The maximum absolute atomic E-state index is 12.1. The number of rotatable bonds is 4. The molecule has 1 atom stereocenters. The van der Waals surface area contributed by atoms with Gasteiger partial charge in [-0.15, -0.1) is 0 Å². The van der Waals surface area contributed by atoms with Crippen LogP contribution >= 0.6 is 0 Å². The van der Waals surface area contributed by atoms with Crippen molar-refractivity contribution in [3.8, 4) is 0 Å². The Hall–Kier alpha value is -2.16. The molecule has 1 aromatic carbocycles. The van der Waals surface area contributed by atoms with Crippen molar-refractivity contribution in [1.29, 1.82) is 0 Å². The zero-order chi connectivity index (χ0) is 16.2. The summed E-state index contributed by atoms with van der Waals surface area (Å²) in [7, 11) is 0. The van der Waals surface area contributed by atoms with Gasteiger partial charge in [0.2, 0.25) is 5.91 Å². The van der Waals surface area contributed by atoms with Crippen molar-refractivity contribution in [2.24, 2.45) is 0 Å². The van der Waals surface area contributed by atoms with Gasteiger partial charge in [0.1, 0.15) is 0 Å². The van der Waals surface area contributed by atoms with Crippen LogP contribution in [0.25, 0.3) is 0 Å². The number of nitrogens with zero attached hydrogens (tertiary/aromatic N) is 1. The number of pyridine rings is 1. The second-order valence-electron chi connectivity index (χ2n) is 6.66. The summed E-state index contributed by atoms with van der Waals surface area (Å²) >= 11 is 0. The van der Waals surface area contributed by atoms with Gasteiger partial charge in [-0.25, -0.2) is 0 Å². The molecule has 1 amide bonds. The van der Waals surface area contributed by atoms with Gasteiger partial charge in [-0.3, -0.25) is 9.78 Å². The Bertz CT molecular complexity index is 612. The van der Waals surface area contributed by atoms with Crippen molar-refractivity contribution in [3.63, 3.8) is 0 Å². The molecule has 0 aliphatic rings. The second-order valence-corrected chi connectivity index (χ2v) is 6.66. The molecule has 0 aliphatic heterocycles. The van der Waals surface area contributed by atoms with E-state index in [-0.39, 0.29) is 17.4 Å². The van der Waals surface area contributed by atoms with Crippen molar-refractivity contribution in [3.05, 3.63) is 65.5 Å². The van der Waals surface area contributed by atoms with Gasteiger partial charge in [0.05, 0.1) is 12.5 Å². The van der Waals surface area contributed by atoms with Crippen LogP contribution in [0.3, 0.4) is 0 Å². The van der Waals surface area contributed by atoms with E-state index in [0.29, 0.717) is 6.42 Å². The van der Waals surface area contributed by atoms with E-state index in [4.69, 9.17) is 0 Å². The van der Waals surface area contributed by atoms with Gasteiger partial charge in [-0.2, -0.15) is 0 Å². The van der Waals surface area contributed by atoms with Crippen LogP contribution in [0.1, 0.15) is 50.6 Å². The predicted molar refractivity (Wildman–Crippen MR) is 89.6 cm³/mol. The second kappa shape index (κ2) is 6.73. The van der Waals surface area contributed by atoms with Gasteiger partial charge >= 0.3 is 0 Å². The fourth-order valence-electron chi connectivity index (χ4n) is 2.31. The largest absolute Gasteiger partial charge is 0.349 e. The molecule has 22 heavy (non-hydrogen) atoms. The number of amides is 1. The number of carbonyl (C=O) groups excluding carboxylic acids is 1. The third-order valence-corrected chi connectivity index (χ3v) is 3.72. The number of carbonyl (C=O) groups is 1. The fraction of sp³-hybridized carbons (Fsp3) is 0.368. The summed E-state index contributed by atoms with van der Waals surface area (Å²) in [6.45, 7) is 8.59. The van der Waals surface area contributed by atoms with Crippen LogP contribution in [-0.4, -0.2) is 10.9 Å². The summed E-state index contributed by atoms with van der Waals surface area (Å²) < 4.78 is 0. The van der Waals surface area contributed by atoms with Crippen LogP contribution in [0.5, 0.6) is 0 Å². The van der Waals surface area contributed by atoms with Crippen molar-refractivity contribution in [2.45, 2.75) is 45.6 Å². The first kappa shape index (κ1) is 16.2. The molecule has 1 unspecified atom stereocenters. The molecule has 3 heteroatoms. The van der Waals surface area contributed by atoms with Crippen LogP contribution in [0.2, 0.25) is 0 Å². The Labute approximate surface area is 132 Å². The molecule has 0 saturated heterocycles. The topological polar surface area (TPSA) is 42.0 Å². The average Bonchev–Trinajstić information content (AvgIpc) is 2.47. The Morgan fingerprint density at radius 2 is 1.82 bits per heavy atom. The van der Waals surface area contributed by atoms with Crippen LogP contribution in [-0.2, 0) is 16.6 Å². The first-order valence-corrected chi connectivity index (χ1v) is 7.66. The van der Waals surface area contributed by atoms with Gasteiger partial charge < -0.3 is 5.32 Å². The van der Waals surface area contributed by atoms with E-state index in [2.05, 4.69) is 55.3 Å². The van der Waals surface area contributed by atoms with E-state index in [1.807, 2.05) is 25.1 Å². The van der Waals surface area contributed by atoms with E-state index in [1.165, 1.54) is 5.56 Å². The van der Waals surface area contributed by atoms with E-state index in [1.54, 1.807) is 6.20 Å². The molecule has 0 bridgehead atoms. The molecule has 0 fully saturated rings. The summed E-state index contributed by atoms with van der Waals surface area (Å²) in [5, 5.41) is 3.02. The number of hydrogen-bond acceptors (Lipinski definition) is 2. The fourth-order valence-corrected chi connectivity index (χ4v) is 2.31. The normalized spacial score (nSPS) is 12.7. The summed E-state index contributed by atoms with van der Waals surface area (Å²) in [6.07, 6.45) is 2.02. The van der Waals surface area contributed by atoms with Gasteiger partial charge in [-0.1, -0.05) is 51.1 Å². The molecule has 3 nitrogen and oxygen atoms in total. The van der Waals surface area contributed by atoms with Gasteiger partial charge in [0, 0.05) is 11.9 Å². The first-order valence-electron chi connectivity index (χ1n) is 7.66. The lowest BCUT2D eigenvalue weighted by molar-refractivity contribution is -0.121. The lowest BCUT2D eigenvalue weighted by atomic mass is 9.86. The molecule has 1 aromatic heterocycles. The Morgan fingerprint density at radius 1 is 1.14 bits per heavy atom. The monoisotopic (exact) mass is 296 g/mol. The summed E-state index contributed by atoms with van der Waals surface area (Å²) in [4.78, 5) is 16.2. The Morgan fingerprint density at radius 3 is 2.36 bits per heavy atom. The molecular formula is C19H24N2O. The van der Waals surface area contributed by atoms with Crippen LogP contribution in [0.4, 0.5) is 0 Å². The van der Waals surface area contributed by atoms with E-state index in [0.717, 1.165) is 11.3 Å². The van der Waals surface area contributed by atoms with E-state index >= 15 is 0 Å².